The monoisotopic (exact) mass is 314 g/mol. The molecule has 2 unspecified atom stereocenters. The lowest BCUT2D eigenvalue weighted by Gasteiger charge is -2.10. The number of aliphatic hydroxyl groups is 2. The Morgan fingerprint density at radius 1 is 0.545 bits per heavy atom. The van der Waals surface area contributed by atoms with E-state index in [0.29, 0.717) is 0 Å². The van der Waals surface area contributed by atoms with Gasteiger partial charge in [-0.2, -0.15) is 0 Å². The van der Waals surface area contributed by atoms with Crippen LogP contribution in [0.15, 0.2) is 0 Å². The molecule has 0 saturated heterocycles. The Hall–Kier alpha value is -0.0800. The summed E-state index contributed by atoms with van der Waals surface area (Å²) < 4.78 is 0. The van der Waals surface area contributed by atoms with Gasteiger partial charge in [0.05, 0.1) is 12.2 Å². The van der Waals surface area contributed by atoms with Crippen LogP contribution in [0.3, 0.4) is 0 Å². The molecule has 0 rings (SSSR count). The van der Waals surface area contributed by atoms with E-state index in [4.69, 9.17) is 0 Å². The van der Waals surface area contributed by atoms with Crippen LogP contribution in [0.4, 0.5) is 0 Å². The van der Waals surface area contributed by atoms with Crippen LogP contribution in [-0.2, 0) is 0 Å². The maximum atomic E-state index is 9.90. The van der Waals surface area contributed by atoms with Crippen LogP contribution in [-0.4, -0.2) is 22.4 Å². The van der Waals surface area contributed by atoms with Gasteiger partial charge in [-0.3, -0.25) is 0 Å². The number of aliphatic hydroxyl groups excluding tert-OH is 2. The lowest BCUT2D eigenvalue weighted by molar-refractivity contribution is 0.141. The molecular formula is C20H42O2. The average molecular weight is 315 g/mol. The van der Waals surface area contributed by atoms with Gasteiger partial charge >= 0.3 is 0 Å². The molecule has 0 radical (unpaired) electrons. The van der Waals surface area contributed by atoms with E-state index in [9.17, 15) is 10.2 Å². The van der Waals surface area contributed by atoms with Gasteiger partial charge in [-0.1, -0.05) is 90.4 Å². The first kappa shape index (κ1) is 21.9. The van der Waals surface area contributed by atoms with Crippen molar-refractivity contribution in [1.82, 2.24) is 0 Å². The fourth-order valence-corrected chi connectivity index (χ4v) is 3.01. The van der Waals surface area contributed by atoms with Crippen LogP contribution < -0.4 is 0 Å². The zero-order valence-corrected chi connectivity index (χ0v) is 15.4. The van der Waals surface area contributed by atoms with Gasteiger partial charge < -0.3 is 10.2 Å². The Kier molecular flexibility index (Phi) is 17.2. The first-order valence-corrected chi connectivity index (χ1v) is 10.0. The van der Waals surface area contributed by atoms with E-state index >= 15 is 0 Å². The lowest BCUT2D eigenvalue weighted by Crippen LogP contribution is -2.07. The smallest absolute Gasteiger partial charge is 0.0540 e. The molecule has 2 atom stereocenters. The maximum absolute atomic E-state index is 9.90. The number of hydrogen-bond acceptors (Lipinski definition) is 2. The second kappa shape index (κ2) is 17.3. The van der Waals surface area contributed by atoms with E-state index in [1.807, 2.05) is 6.92 Å². The first-order chi connectivity index (χ1) is 10.7. The van der Waals surface area contributed by atoms with E-state index in [2.05, 4.69) is 6.92 Å². The zero-order chi connectivity index (χ0) is 16.5. The normalized spacial score (nSPS) is 14.2. The summed E-state index contributed by atoms with van der Waals surface area (Å²) in [5.74, 6) is 0. The van der Waals surface area contributed by atoms with Crippen LogP contribution >= 0.6 is 0 Å². The van der Waals surface area contributed by atoms with Gasteiger partial charge in [0.1, 0.15) is 0 Å². The van der Waals surface area contributed by atoms with Gasteiger partial charge in [0.25, 0.3) is 0 Å². The average Bonchev–Trinajstić information content (AvgIpc) is 2.49. The highest BCUT2D eigenvalue weighted by molar-refractivity contribution is 4.58. The first-order valence-electron chi connectivity index (χ1n) is 10.0. The van der Waals surface area contributed by atoms with Crippen molar-refractivity contribution < 1.29 is 10.2 Å². The molecule has 0 aliphatic rings. The molecular weight excluding hydrogens is 272 g/mol. The van der Waals surface area contributed by atoms with Crippen molar-refractivity contribution >= 4 is 0 Å². The third kappa shape index (κ3) is 18.0. The van der Waals surface area contributed by atoms with Crippen molar-refractivity contribution in [1.29, 1.82) is 0 Å². The van der Waals surface area contributed by atoms with Crippen molar-refractivity contribution in [2.45, 2.75) is 129 Å². The Morgan fingerprint density at radius 3 is 1.36 bits per heavy atom. The number of hydrogen-bond donors (Lipinski definition) is 2. The quantitative estimate of drug-likeness (QED) is 0.324. The molecule has 2 N–H and O–H groups in total. The van der Waals surface area contributed by atoms with Crippen molar-refractivity contribution in [2.75, 3.05) is 0 Å². The highest BCUT2D eigenvalue weighted by atomic mass is 16.3. The highest BCUT2D eigenvalue weighted by Gasteiger charge is 2.04. The molecule has 2 heteroatoms. The number of unbranched alkanes of at least 4 members (excludes halogenated alkanes) is 11. The van der Waals surface area contributed by atoms with Crippen LogP contribution in [0.1, 0.15) is 117 Å². The second-order valence-electron chi connectivity index (χ2n) is 7.11. The molecule has 0 aromatic rings. The minimum absolute atomic E-state index is 0.118. The van der Waals surface area contributed by atoms with E-state index < -0.39 is 0 Å². The van der Waals surface area contributed by atoms with Crippen molar-refractivity contribution in [3.63, 3.8) is 0 Å². The summed E-state index contributed by atoms with van der Waals surface area (Å²) in [6, 6.07) is 0. The van der Waals surface area contributed by atoms with E-state index in [-0.39, 0.29) is 12.2 Å². The van der Waals surface area contributed by atoms with Gasteiger partial charge in [-0.15, -0.1) is 0 Å². The van der Waals surface area contributed by atoms with E-state index in [1.165, 1.54) is 70.6 Å². The highest BCUT2D eigenvalue weighted by Crippen LogP contribution is 2.14. The molecule has 0 aliphatic heterocycles. The van der Waals surface area contributed by atoms with Crippen LogP contribution in [0, 0.1) is 0 Å². The Morgan fingerprint density at radius 2 is 0.909 bits per heavy atom. The summed E-state index contributed by atoms with van der Waals surface area (Å²) in [7, 11) is 0. The summed E-state index contributed by atoms with van der Waals surface area (Å²) >= 11 is 0. The second-order valence-corrected chi connectivity index (χ2v) is 7.11. The summed E-state index contributed by atoms with van der Waals surface area (Å²) in [6.07, 6.45) is 19.5. The number of rotatable bonds is 17. The van der Waals surface area contributed by atoms with E-state index in [0.717, 1.165) is 32.1 Å². The molecule has 0 amide bonds. The molecule has 0 aromatic carbocycles. The van der Waals surface area contributed by atoms with Crippen LogP contribution in [0.2, 0.25) is 0 Å². The maximum Gasteiger partial charge on any atom is 0.0540 e. The fourth-order valence-electron chi connectivity index (χ4n) is 3.01. The Bertz CT molecular complexity index is 204. The molecule has 2 nitrogen and oxygen atoms in total. The van der Waals surface area contributed by atoms with Crippen molar-refractivity contribution in [3.05, 3.63) is 0 Å². The molecule has 0 saturated carbocycles. The minimum Gasteiger partial charge on any atom is -0.393 e. The Labute approximate surface area is 139 Å². The third-order valence-electron chi connectivity index (χ3n) is 4.55. The van der Waals surface area contributed by atoms with Crippen molar-refractivity contribution in [3.8, 4) is 0 Å². The van der Waals surface area contributed by atoms with Gasteiger partial charge in [0.2, 0.25) is 0 Å². The van der Waals surface area contributed by atoms with Crippen LogP contribution in [0.5, 0.6) is 0 Å². The zero-order valence-electron chi connectivity index (χ0n) is 15.4. The van der Waals surface area contributed by atoms with Crippen molar-refractivity contribution in [2.24, 2.45) is 0 Å². The summed E-state index contributed by atoms with van der Waals surface area (Å²) in [5, 5.41) is 19.1. The summed E-state index contributed by atoms with van der Waals surface area (Å²) in [4.78, 5) is 0. The summed E-state index contributed by atoms with van der Waals surface area (Å²) in [6.45, 7) is 4.11. The van der Waals surface area contributed by atoms with Gasteiger partial charge in [-0.05, 0) is 26.2 Å². The molecule has 22 heavy (non-hydrogen) atoms. The molecule has 134 valence electrons. The Balaban J connectivity index is 3.12. The largest absolute Gasteiger partial charge is 0.393 e. The molecule has 0 bridgehead atoms. The predicted molar refractivity (Wildman–Crippen MR) is 97.2 cm³/mol. The van der Waals surface area contributed by atoms with Gasteiger partial charge in [0, 0.05) is 0 Å². The SMILES string of the molecule is CCCCCCCCCCCCCC(O)CCCCC(C)O. The molecule has 0 aliphatic carbocycles. The molecule has 0 fully saturated rings. The summed E-state index contributed by atoms with van der Waals surface area (Å²) in [5.41, 5.74) is 0. The molecule has 0 aromatic heterocycles. The molecule has 0 heterocycles. The third-order valence-corrected chi connectivity index (χ3v) is 4.55. The minimum atomic E-state index is -0.191. The topological polar surface area (TPSA) is 40.5 Å². The van der Waals surface area contributed by atoms with Gasteiger partial charge in [-0.25, -0.2) is 0 Å². The fraction of sp³-hybridized carbons (Fsp3) is 1.00. The van der Waals surface area contributed by atoms with Crippen LogP contribution in [0.25, 0.3) is 0 Å². The molecule has 0 spiro atoms. The predicted octanol–water partition coefficient (Wildman–Crippen LogP) is 5.99. The van der Waals surface area contributed by atoms with Gasteiger partial charge in [0.15, 0.2) is 0 Å². The standard InChI is InChI=1S/C20H42O2/c1-3-4-5-6-7-8-9-10-11-12-13-17-20(22)18-15-14-16-19(2)21/h19-22H,3-18H2,1-2H3. The van der Waals surface area contributed by atoms with E-state index in [1.54, 1.807) is 0 Å². The lowest BCUT2D eigenvalue weighted by atomic mass is 10.0.